The van der Waals surface area contributed by atoms with Crippen molar-refractivity contribution in [3.05, 3.63) is 39.6 Å². The summed E-state index contributed by atoms with van der Waals surface area (Å²) in [7, 11) is 0. The van der Waals surface area contributed by atoms with E-state index in [4.69, 9.17) is 22.2 Å². The van der Waals surface area contributed by atoms with Crippen molar-refractivity contribution in [3.8, 4) is 11.6 Å². The van der Waals surface area contributed by atoms with Gasteiger partial charge in [-0.1, -0.05) is 25.4 Å². The van der Waals surface area contributed by atoms with E-state index in [1.165, 1.54) is 6.33 Å². The number of hydrazine groups is 1. The Hall–Kier alpha value is -1.37. The van der Waals surface area contributed by atoms with E-state index in [0.717, 1.165) is 10.0 Å². The molecule has 0 aliphatic carbocycles. The Morgan fingerprint density at radius 1 is 1.35 bits per heavy atom. The van der Waals surface area contributed by atoms with E-state index in [0.29, 0.717) is 22.5 Å². The van der Waals surface area contributed by atoms with E-state index in [2.05, 4.69) is 31.3 Å². The summed E-state index contributed by atoms with van der Waals surface area (Å²) < 4.78 is 6.60. The molecule has 106 valence electrons. The summed E-state index contributed by atoms with van der Waals surface area (Å²) >= 11 is 9.32. The Balaban J connectivity index is 2.43. The van der Waals surface area contributed by atoms with Gasteiger partial charge in [0, 0.05) is 5.02 Å². The highest BCUT2D eigenvalue weighted by Crippen LogP contribution is 2.36. The quantitative estimate of drug-likeness (QED) is 0.637. The predicted octanol–water partition coefficient (Wildman–Crippen LogP) is 4.09. The van der Waals surface area contributed by atoms with Gasteiger partial charge >= 0.3 is 0 Å². The van der Waals surface area contributed by atoms with Crippen LogP contribution in [0.2, 0.25) is 5.02 Å². The minimum atomic E-state index is 0.156. The van der Waals surface area contributed by atoms with E-state index in [1.807, 2.05) is 13.8 Å². The van der Waals surface area contributed by atoms with Gasteiger partial charge in [0.2, 0.25) is 5.88 Å². The van der Waals surface area contributed by atoms with Gasteiger partial charge in [-0.3, -0.25) is 0 Å². The molecular formula is C13H14BrClN4O. The molecule has 1 aromatic carbocycles. The first-order valence-electron chi connectivity index (χ1n) is 5.97. The summed E-state index contributed by atoms with van der Waals surface area (Å²) in [5.74, 6) is 7.27. The molecule has 5 nitrogen and oxygen atoms in total. The lowest BCUT2D eigenvalue weighted by Gasteiger charge is -2.16. The number of rotatable bonds is 4. The van der Waals surface area contributed by atoms with Gasteiger partial charge in [0.25, 0.3) is 0 Å². The molecule has 0 saturated carbocycles. The van der Waals surface area contributed by atoms with Gasteiger partial charge in [0.1, 0.15) is 12.1 Å². The van der Waals surface area contributed by atoms with Crippen LogP contribution in [0.15, 0.2) is 29.0 Å². The number of nitrogens with one attached hydrogen (secondary N) is 1. The van der Waals surface area contributed by atoms with Gasteiger partial charge in [-0.25, -0.2) is 15.8 Å². The maximum absolute atomic E-state index is 5.91. The molecule has 20 heavy (non-hydrogen) atoms. The van der Waals surface area contributed by atoms with Crippen LogP contribution in [0.5, 0.6) is 11.6 Å². The molecule has 0 fully saturated rings. The van der Waals surface area contributed by atoms with E-state index in [9.17, 15) is 0 Å². The van der Waals surface area contributed by atoms with Crippen molar-refractivity contribution in [1.82, 2.24) is 9.97 Å². The number of anilines is 1. The Labute approximate surface area is 130 Å². The van der Waals surface area contributed by atoms with E-state index < -0.39 is 0 Å². The fourth-order valence-corrected chi connectivity index (χ4v) is 2.52. The zero-order valence-corrected chi connectivity index (χ0v) is 13.4. The lowest BCUT2D eigenvalue weighted by Crippen LogP contribution is -2.13. The molecule has 0 atom stereocenters. The third kappa shape index (κ3) is 3.20. The van der Waals surface area contributed by atoms with Crippen molar-refractivity contribution in [1.29, 1.82) is 0 Å². The summed E-state index contributed by atoms with van der Waals surface area (Å²) in [6.07, 6.45) is 1.40. The van der Waals surface area contributed by atoms with Gasteiger partial charge in [0.05, 0.1) is 10.0 Å². The Morgan fingerprint density at radius 3 is 2.70 bits per heavy atom. The number of hydrogen-bond donors (Lipinski definition) is 2. The Morgan fingerprint density at radius 2 is 2.10 bits per heavy atom. The highest BCUT2D eigenvalue weighted by molar-refractivity contribution is 9.10. The minimum Gasteiger partial charge on any atom is -0.437 e. The van der Waals surface area contributed by atoms with Crippen molar-refractivity contribution >= 4 is 33.3 Å². The smallest absolute Gasteiger partial charge is 0.227 e. The number of ether oxygens (including phenoxy) is 1. The second kappa shape index (κ2) is 6.39. The number of benzene rings is 1. The number of nitrogen functional groups attached to an aromatic ring is 1. The molecule has 0 aliphatic rings. The van der Waals surface area contributed by atoms with Crippen LogP contribution in [0, 0.1) is 0 Å². The van der Waals surface area contributed by atoms with Gasteiger partial charge in [-0.05, 0) is 40.0 Å². The number of hydrogen-bond acceptors (Lipinski definition) is 5. The summed E-state index contributed by atoms with van der Waals surface area (Å²) in [4.78, 5) is 8.28. The second-order valence-corrected chi connectivity index (χ2v) is 5.71. The van der Waals surface area contributed by atoms with Crippen molar-refractivity contribution in [2.45, 2.75) is 19.8 Å². The molecule has 2 rings (SSSR count). The molecule has 7 heteroatoms. The largest absolute Gasteiger partial charge is 0.437 e. The van der Waals surface area contributed by atoms with E-state index in [1.54, 1.807) is 18.2 Å². The van der Waals surface area contributed by atoms with Gasteiger partial charge in [-0.15, -0.1) is 0 Å². The molecule has 0 aliphatic heterocycles. The van der Waals surface area contributed by atoms with Crippen LogP contribution in [0.3, 0.4) is 0 Å². The van der Waals surface area contributed by atoms with Crippen LogP contribution >= 0.6 is 27.5 Å². The van der Waals surface area contributed by atoms with Gasteiger partial charge in [0.15, 0.2) is 5.82 Å². The predicted molar refractivity (Wildman–Crippen MR) is 83.2 cm³/mol. The van der Waals surface area contributed by atoms with Crippen LogP contribution in [-0.2, 0) is 0 Å². The number of halogens is 2. The number of nitrogens with two attached hydrogens (primary N) is 1. The van der Waals surface area contributed by atoms with Crippen LogP contribution in [0.25, 0.3) is 0 Å². The summed E-state index contributed by atoms with van der Waals surface area (Å²) in [6, 6.07) is 5.28. The summed E-state index contributed by atoms with van der Waals surface area (Å²) in [6.45, 7) is 4.03. The van der Waals surface area contributed by atoms with Crippen LogP contribution < -0.4 is 16.0 Å². The molecule has 1 aromatic heterocycles. The summed E-state index contributed by atoms with van der Waals surface area (Å²) in [5.41, 5.74) is 3.38. The zero-order chi connectivity index (χ0) is 14.7. The molecule has 0 amide bonds. The molecule has 0 bridgehead atoms. The molecule has 1 heterocycles. The first kappa shape index (κ1) is 15.0. The molecule has 2 aromatic rings. The molecular weight excluding hydrogens is 344 g/mol. The van der Waals surface area contributed by atoms with Crippen molar-refractivity contribution in [2.75, 3.05) is 5.43 Å². The van der Waals surface area contributed by atoms with E-state index >= 15 is 0 Å². The SMILES string of the molecule is CC(C)c1c(NN)ncnc1Oc1ccc(Cl)cc1Br. The first-order valence-corrected chi connectivity index (χ1v) is 7.14. The van der Waals surface area contributed by atoms with Crippen LogP contribution in [0.1, 0.15) is 25.3 Å². The fourth-order valence-electron chi connectivity index (χ4n) is 1.76. The Bertz CT molecular complexity index is 621. The van der Waals surface area contributed by atoms with Crippen LogP contribution in [0.4, 0.5) is 5.82 Å². The molecule has 0 radical (unpaired) electrons. The topological polar surface area (TPSA) is 73.1 Å². The lowest BCUT2D eigenvalue weighted by molar-refractivity contribution is 0.449. The van der Waals surface area contributed by atoms with Crippen LogP contribution in [-0.4, -0.2) is 9.97 Å². The maximum atomic E-state index is 5.91. The third-order valence-electron chi connectivity index (χ3n) is 2.66. The van der Waals surface area contributed by atoms with Crippen molar-refractivity contribution < 1.29 is 4.74 Å². The molecule has 0 saturated heterocycles. The maximum Gasteiger partial charge on any atom is 0.227 e. The van der Waals surface area contributed by atoms with Crippen molar-refractivity contribution in [3.63, 3.8) is 0 Å². The number of nitrogens with zero attached hydrogens (tertiary/aromatic N) is 2. The minimum absolute atomic E-state index is 0.156. The highest BCUT2D eigenvalue weighted by atomic mass is 79.9. The second-order valence-electron chi connectivity index (χ2n) is 4.42. The van der Waals surface area contributed by atoms with E-state index in [-0.39, 0.29) is 5.92 Å². The van der Waals surface area contributed by atoms with Crippen molar-refractivity contribution in [2.24, 2.45) is 5.84 Å². The number of aromatic nitrogens is 2. The standard InChI is InChI=1S/C13H14BrClN4O/c1-7(2)11-12(19-16)17-6-18-13(11)20-10-4-3-8(15)5-9(10)14/h3-7H,16H2,1-2H3,(H,17,18,19). The normalized spacial score (nSPS) is 10.7. The first-order chi connectivity index (χ1) is 9.52. The summed E-state index contributed by atoms with van der Waals surface area (Å²) in [5, 5.41) is 0.625. The highest BCUT2D eigenvalue weighted by Gasteiger charge is 2.17. The lowest BCUT2D eigenvalue weighted by atomic mass is 10.1. The molecule has 3 N–H and O–H groups in total. The average molecular weight is 358 g/mol. The third-order valence-corrected chi connectivity index (χ3v) is 3.52. The Kier molecular flexibility index (Phi) is 4.80. The average Bonchev–Trinajstić information content (AvgIpc) is 2.41. The zero-order valence-electron chi connectivity index (χ0n) is 11.0. The molecule has 0 unspecified atom stereocenters. The fraction of sp³-hybridized carbons (Fsp3) is 0.231. The van der Waals surface area contributed by atoms with Gasteiger partial charge < -0.3 is 10.2 Å². The monoisotopic (exact) mass is 356 g/mol. The molecule has 0 spiro atoms. The van der Waals surface area contributed by atoms with Gasteiger partial charge in [-0.2, -0.15) is 0 Å².